The highest BCUT2D eigenvalue weighted by atomic mass is 79.9. The zero-order valence-electron chi connectivity index (χ0n) is 7.42. The molecule has 0 spiro atoms. The maximum Gasteiger partial charge on any atom is 0.169 e. The van der Waals surface area contributed by atoms with Gasteiger partial charge in [0.1, 0.15) is 11.5 Å². The molecule has 3 heteroatoms. The van der Waals surface area contributed by atoms with E-state index in [4.69, 9.17) is 4.42 Å². The number of ketones is 1. The number of hydrogen-bond donors (Lipinski definition) is 0. The lowest BCUT2D eigenvalue weighted by molar-refractivity contribution is -0.120. The van der Waals surface area contributed by atoms with Gasteiger partial charge in [0.2, 0.25) is 0 Å². The second-order valence-corrected chi connectivity index (χ2v) is 4.45. The summed E-state index contributed by atoms with van der Waals surface area (Å²) in [5, 5.41) is 0. The van der Waals surface area contributed by atoms with Gasteiger partial charge in [-0.05, 0) is 40.4 Å². The molecule has 2 nitrogen and oxygen atoms in total. The van der Waals surface area contributed by atoms with E-state index < -0.39 is 0 Å². The highest BCUT2D eigenvalue weighted by Gasteiger charge is 2.38. The molecule has 1 heterocycles. The number of hydrogen-bond acceptors (Lipinski definition) is 2. The van der Waals surface area contributed by atoms with Crippen LogP contribution >= 0.6 is 15.9 Å². The highest BCUT2D eigenvalue weighted by molar-refractivity contribution is 9.10. The summed E-state index contributed by atoms with van der Waals surface area (Å²) in [5.74, 6) is 1.96. The number of Topliss-reactive ketones (excluding diaryl/α,β-unsaturated/α-hetero) is 1. The summed E-state index contributed by atoms with van der Waals surface area (Å²) in [7, 11) is 0. The van der Waals surface area contributed by atoms with Crippen LogP contribution in [0, 0.1) is 11.8 Å². The van der Waals surface area contributed by atoms with Crippen LogP contribution in [0.5, 0.6) is 0 Å². The van der Waals surface area contributed by atoms with Crippen LogP contribution in [-0.2, 0) is 11.2 Å². The van der Waals surface area contributed by atoms with Crippen molar-refractivity contribution in [1.82, 2.24) is 0 Å². The first kappa shape index (κ1) is 9.00. The molecule has 0 N–H and O–H groups in total. The van der Waals surface area contributed by atoms with E-state index in [9.17, 15) is 4.79 Å². The summed E-state index contributed by atoms with van der Waals surface area (Å²) >= 11 is 3.21. The third-order valence-corrected chi connectivity index (χ3v) is 2.93. The quantitative estimate of drug-likeness (QED) is 0.817. The van der Waals surface area contributed by atoms with Crippen molar-refractivity contribution in [3.63, 3.8) is 0 Å². The minimum atomic E-state index is 0.295. The van der Waals surface area contributed by atoms with E-state index in [1.807, 2.05) is 12.1 Å². The van der Waals surface area contributed by atoms with Crippen LogP contribution in [0.15, 0.2) is 21.2 Å². The molecule has 1 saturated carbocycles. The second-order valence-electron chi connectivity index (χ2n) is 3.67. The lowest BCUT2D eigenvalue weighted by Crippen LogP contribution is -2.05. The molecular formula is C10H11BrO2. The summed E-state index contributed by atoms with van der Waals surface area (Å²) in [4.78, 5) is 11.5. The van der Waals surface area contributed by atoms with Crippen LogP contribution in [0.1, 0.15) is 19.1 Å². The SMILES string of the molecule is CC1CC1C(=O)Cc1ccc(Br)o1. The Morgan fingerprint density at radius 3 is 2.85 bits per heavy atom. The van der Waals surface area contributed by atoms with Gasteiger partial charge in [-0.2, -0.15) is 0 Å². The normalized spacial score (nSPS) is 26.0. The highest BCUT2D eigenvalue weighted by Crippen LogP contribution is 2.39. The van der Waals surface area contributed by atoms with Crippen LogP contribution < -0.4 is 0 Å². The van der Waals surface area contributed by atoms with Crippen molar-refractivity contribution in [2.24, 2.45) is 11.8 Å². The van der Waals surface area contributed by atoms with Gasteiger partial charge in [-0.15, -0.1) is 0 Å². The maximum atomic E-state index is 11.5. The van der Waals surface area contributed by atoms with Crippen LogP contribution in [-0.4, -0.2) is 5.78 Å². The summed E-state index contributed by atoms with van der Waals surface area (Å²) < 4.78 is 5.96. The minimum absolute atomic E-state index is 0.295. The summed E-state index contributed by atoms with van der Waals surface area (Å²) in [6.45, 7) is 2.11. The van der Waals surface area contributed by atoms with Crippen LogP contribution in [0.4, 0.5) is 0 Å². The molecular weight excluding hydrogens is 232 g/mol. The number of halogens is 1. The monoisotopic (exact) mass is 242 g/mol. The van der Waals surface area contributed by atoms with Gasteiger partial charge in [0.05, 0.1) is 6.42 Å². The minimum Gasteiger partial charge on any atom is -0.454 e. The molecule has 0 amide bonds. The maximum absolute atomic E-state index is 11.5. The Balaban J connectivity index is 1.95. The van der Waals surface area contributed by atoms with Crippen LogP contribution in [0.2, 0.25) is 0 Å². The standard InChI is InChI=1S/C10H11BrO2/c1-6-4-8(6)9(12)5-7-2-3-10(11)13-7/h2-3,6,8H,4-5H2,1H3. The van der Waals surface area contributed by atoms with Crippen molar-refractivity contribution in [3.05, 3.63) is 22.6 Å². The zero-order chi connectivity index (χ0) is 9.42. The van der Waals surface area contributed by atoms with Gasteiger partial charge >= 0.3 is 0 Å². The van der Waals surface area contributed by atoms with Gasteiger partial charge in [-0.3, -0.25) is 4.79 Å². The first-order chi connectivity index (χ1) is 6.16. The van der Waals surface area contributed by atoms with Crippen molar-refractivity contribution in [2.75, 3.05) is 0 Å². The van der Waals surface area contributed by atoms with Gasteiger partial charge in [-0.1, -0.05) is 6.92 Å². The fourth-order valence-electron chi connectivity index (χ4n) is 1.52. The van der Waals surface area contributed by atoms with Gasteiger partial charge in [-0.25, -0.2) is 0 Å². The molecule has 0 radical (unpaired) electrons. The largest absolute Gasteiger partial charge is 0.454 e. The first-order valence-electron chi connectivity index (χ1n) is 4.44. The number of rotatable bonds is 3. The van der Waals surface area contributed by atoms with E-state index in [1.54, 1.807) is 0 Å². The zero-order valence-corrected chi connectivity index (χ0v) is 9.00. The van der Waals surface area contributed by atoms with E-state index in [-0.39, 0.29) is 0 Å². The first-order valence-corrected chi connectivity index (χ1v) is 5.23. The summed E-state index contributed by atoms with van der Waals surface area (Å²) in [6.07, 6.45) is 1.50. The molecule has 2 unspecified atom stereocenters. The Hall–Kier alpha value is -0.570. The van der Waals surface area contributed by atoms with Gasteiger partial charge in [0.25, 0.3) is 0 Å². The molecule has 1 aliphatic rings. The molecule has 70 valence electrons. The molecule has 0 aliphatic heterocycles. The van der Waals surface area contributed by atoms with E-state index >= 15 is 0 Å². The molecule has 1 fully saturated rings. The van der Waals surface area contributed by atoms with Crippen LogP contribution in [0.25, 0.3) is 0 Å². The smallest absolute Gasteiger partial charge is 0.169 e. The molecule has 2 rings (SSSR count). The van der Waals surface area contributed by atoms with E-state index in [1.165, 1.54) is 0 Å². The Morgan fingerprint density at radius 2 is 2.38 bits per heavy atom. The Kier molecular flexibility index (Phi) is 2.28. The average Bonchev–Trinajstić information content (AvgIpc) is 2.66. The van der Waals surface area contributed by atoms with E-state index in [0.29, 0.717) is 28.7 Å². The Bertz CT molecular complexity index is 329. The third kappa shape index (κ3) is 2.02. The average molecular weight is 243 g/mol. The fraction of sp³-hybridized carbons (Fsp3) is 0.500. The van der Waals surface area contributed by atoms with Crippen molar-refractivity contribution in [2.45, 2.75) is 19.8 Å². The molecule has 1 aliphatic carbocycles. The predicted molar refractivity (Wildman–Crippen MR) is 52.4 cm³/mol. The van der Waals surface area contributed by atoms with E-state index in [2.05, 4.69) is 22.9 Å². The summed E-state index contributed by atoms with van der Waals surface area (Å²) in [5.41, 5.74) is 0. The van der Waals surface area contributed by atoms with Gasteiger partial charge in [0, 0.05) is 5.92 Å². The lowest BCUT2D eigenvalue weighted by Gasteiger charge is -1.94. The Labute approximate surface area is 85.4 Å². The molecule has 2 atom stereocenters. The summed E-state index contributed by atoms with van der Waals surface area (Å²) in [6, 6.07) is 3.66. The van der Waals surface area contributed by atoms with Crippen molar-refractivity contribution in [3.8, 4) is 0 Å². The fourth-order valence-corrected chi connectivity index (χ4v) is 1.86. The third-order valence-electron chi connectivity index (χ3n) is 2.50. The second kappa shape index (κ2) is 3.29. The molecule has 1 aromatic heterocycles. The topological polar surface area (TPSA) is 30.2 Å². The van der Waals surface area contributed by atoms with Crippen LogP contribution in [0.3, 0.4) is 0 Å². The molecule has 1 aromatic rings. The molecule has 13 heavy (non-hydrogen) atoms. The van der Waals surface area contributed by atoms with Crippen molar-refractivity contribution in [1.29, 1.82) is 0 Å². The van der Waals surface area contributed by atoms with Gasteiger partial charge < -0.3 is 4.42 Å². The van der Waals surface area contributed by atoms with Crippen molar-refractivity contribution < 1.29 is 9.21 Å². The molecule has 0 aromatic carbocycles. The number of carbonyl (C=O) groups is 1. The molecule has 0 bridgehead atoms. The number of carbonyl (C=O) groups excluding carboxylic acids is 1. The van der Waals surface area contributed by atoms with E-state index in [0.717, 1.165) is 12.2 Å². The predicted octanol–water partition coefficient (Wildman–Crippen LogP) is 2.81. The number of furan rings is 1. The van der Waals surface area contributed by atoms with Gasteiger partial charge in [0.15, 0.2) is 4.67 Å². The van der Waals surface area contributed by atoms with Crippen molar-refractivity contribution >= 4 is 21.7 Å². The molecule has 0 saturated heterocycles. The Morgan fingerprint density at radius 1 is 1.69 bits per heavy atom. The lowest BCUT2D eigenvalue weighted by atomic mass is 10.1.